The molecule has 2 unspecified atom stereocenters. The van der Waals surface area contributed by atoms with Gasteiger partial charge in [0.2, 0.25) is 0 Å². The van der Waals surface area contributed by atoms with Gasteiger partial charge in [-0.2, -0.15) is 0 Å². The number of halogens is 1. The van der Waals surface area contributed by atoms with Crippen LogP contribution in [0, 0.1) is 9.49 Å². The summed E-state index contributed by atoms with van der Waals surface area (Å²) in [5, 5.41) is 3.72. The first-order valence-electron chi connectivity index (χ1n) is 7.48. The quantitative estimate of drug-likeness (QED) is 0.819. The van der Waals surface area contributed by atoms with Gasteiger partial charge in [-0.1, -0.05) is 19.1 Å². The molecule has 2 atom stereocenters. The van der Waals surface area contributed by atoms with Crippen LogP contribution in [-0.2, 0) is 6.54 Å². The van der Waals surface area contributed by atoms with Crippen LogP contribution in [0.15, 0.2) is 24.3 Å². The van der Waals surface area contributed by atoms with Crippen molar-refractivity contribution in [1.82, 2.24) is 10.2 Å². The van der Waals surface area contributed by atoms with E-state index in [-0.39, 0.29) is 0 Å². The Morgan fingerprint density at radius 1 is 1.26 bits per heavy atom. The van der Waals surface area contributed by atoms with Crippen LogP contribution < -0.4 is 5.32 Å². The van der Waals surface area contributed by atoms with Crippen molar-refractivity contribution < 1.29 is 0 Å². The van der Waals surface area contributed by atoms with Crippen LogP contribution in [0.5, 0.6) is 0 Å². The zero-order valence-electron chi connectivity index (χ0n) is 11.6. The highest BCUT2D eigenvalue weighted by atomic mass is 127. The van der Waals surface area contributed by atoms with Crippen molar-refractivity contribution in [2.24, 2.45) is 5.92 Å². The first-order chi connectivity index (χ1) is 9.26. The average molecular weight is 370 g/mol. The lowest BCUT2D eigenvalue weighted by atomic mass is 10.0. The molecule has 0 aromatic heterocycles. The second-order valence-electron chi connectivity index (χ2n) is 5.97. The smallest absolute Gasteiger partial charge is 0.0253 e. The minimum Gasteiger partial charge on any atom is -0.311 e. The molecule has 1 N–H and O–H groups in total. The molecule has 2 fully saturated rings. The third kappa shape index (κ3) is 3.50. The van der Waals surface area contributed by atoms with Crippen LogP contribution in [0.4, 0.5) is 0 Å². The first kappa shape index (κ1) is 13.8. The highest BCUT2D eigenvalue weighted by molar-refractivity contribution is 14.1. The van der Waals surface area contributed by atoms with Crippen LogP contribution >= 0.6 is 22.6 Å². The third-order valence-corrected chi connectivity index (χ3v) is 5.22. The zero-order valence-corrected chi connectivity index (χ0v) is 13.8. The van der Waals surface area contributed by atoms with E-state index < -0.39 is 0 Å². The van der Waals surface area contributed by atoms with Gasteiger partial charge >= 0.3 is 0 Å². The average Bonchev–Trinajstić information content (AvgIpc) is 3.26. The van der Waals surface area contributed by atoms with E-state index in [9.17, 15) is 0 Å². The summed E-state index contributed by atoms with van der Waals surface area (Å²) in [6.45, 7) is 5.81. The first-order valence-corrected chi connectivity index (χ1v) is 8.56. The molecule has 1 heterocycles. The Bertz CT molecular complexity index is 413. The maximum atomic E-state index is 3.72. The predicted octanol–water partition coefficient (Wildman–Crippen LogP) is 3.25. The van der Waals surface area contributed by atoms with Crippen molar-refractivity contribution in [3.8, 4) is 0 Å². The second kappa shape index (κ2) is 6.10. The molecule has 1 aliphatic carbocycles. The standard InChI is InChI=1S/C16H23IN2/c1-2-15-11-19(16(9-18-15)13-5-6-13)10-12-3-7-14(17)8-4-12/h3-4,7-8,13,15-16,18H,2,5-6,9-11H2,1H3. The van der Waals surface area contributed by atoms with Crippen molar-refractivity contribution in [3.63, 3.8) is 0 Å². The Kier molecular flexibility index (Phi) is 4.44. The van der Waals surface area contributed by atoms with Gasteiger partial charge in [0.05, 0.1) is 0 Å². The van der Waals surface area contributed by atoms with Crippen molar-refractivity contribution in [3.05, 3.63) is 33.4 Å². The summed E-state index contributed by atoms with van der Waals surface area (Å²) in [6.07, 6.45) is 4.11. The number of rotatable bonds is 4. The van der Waals surface area contributed by atoms with Gasteiger partial charge in [0.1, 0.15) is 0 Å². The van der Waals surface area contributed by atoms with E-state index >= 15 is 0 Å². The van der Waals surface area contributed by atoms with Crippen LogP contribution in [0.3, 0.4) is 0 Å². The Morgan fingerprint density at radius 3 is 2.63 bits per heavy atom. The van der Waals surface area contributed by atoms with Gasteiger partial charge in [-0.3, -0.25) is 4.90 Å². The number of hydrogen-bond donors (Lipinski definition) is 1. The largest absolute Gasteiger partial charge is 0.311 e. The third-order valence-electron chi connectivity index (χ3n) is 4.50. The van der Waals surface area contributed by atoms with Crippen LogP contribution in [-0.4, -0.2) is 30.1 Å². The Labute approximate surface area is 130 Å². The Morgan fingerprint density at radius 2 is 2.00 bits per heavy atom. The number of nitrogens with one attached hydrogen (secondary N) is 1. The normalized spacial score (nSPS) is 28.5. The number of piperazine rings is 1. The van der Waals surface area contributed by atoms with Gasteiger partial charge in [0, 0.05) is 35.3 Å². The van der Waals surface area contributed by atoms with E-state index in [1.165, 1.54) is 41.5 Å². The molecule has 0 radical (unpaired) electrons. The lowest BCUT2D eigenvalue weighted by molar-refractivity contribution is 0.106. The molecule has 1 saturated heterocycles. The molecule has 3 rings (SSSR count). The predicted molar refractivity (Wildman–Crippen MR) is 88.2 cm³/mol. The van der Waals surface area contributed by atoms with Crippen molar-refractivity contribution in [2.45, 2.75) is 44.8 Å². The molecule has 1 aromatic carbocycles. The molecule has 2 nitrogen and oxygen atoms in total. The van der Waals surface area contributed by atoms with E-state index in [0.29, 0.717) is 6.04 Å². The summed E-state index contributed by atoms with van der Waals surface area (Å²) in [5.74, 6) is 0.953. The number of nitrogens with zero attached hydrogens (tertiary/aromatic N) is 1. The molecule has 1 aliphatic heterocycles. The molecule has 0 spiro atoms. The molecule has 1 saturated carbocycles. The molecule has 2 aliphatic rings. The molecule has 3 heteroatoms. The Hall–Kier alpha value is -0.130. The van der Waals surface area contributed by atoms with Gasteiger partial charge in [0.15, 0.2) is 0 Å². The minimum atomic E-state index is 0.679. The SMILES string of the molecule is CCC1CN(Cc2ccc(I)cc2)C(C2CC2)CN1. The summed E-state index contributed by atoms with van der Waals surface area (Å²) >= 11 is 2.38. The van der Waals surface area contributed by atoms with E-state index in [4.69, 9.17) is 0 Å². The van der Waals surface area contributed by atoms with E-state index in [1.807, 2.05) is 0 Å². The van der Waals surface area contributed by atoms with Gasteiger partial charge in [-0.15, -0.1) is 0 Å². The van der Waals surface area contributed by atoms with Crippen molar-refractivity contribution in [2.75, 3.05) is 13.1 Å². The summed E-state index contributed by atoms with van der Waals surface area (Å²) in [4.78, 5) is 2.73. The molecule has 1 aromatic rings. The maximum absolute atomic E-state index is 3.72. The summed E-state index contributed by atoms with van der Waals surface area (Å²) in [7, 11) is 0. The molecular weight excluding hydrogens is 347 g/mol. The molecule has 104 valence electrons. The number of hydrogen-bond acceptors (Lipinski definition) is 2. The maximum Gasteiger partial charge on any atom is 0.0253 e. The fourth-order valence-corrected chi connectivity index (χ4v) is 3.48. The zero-order chi connectivity index (χ0) is 13.2. The molecule has 19 heavy (non-hydrogen) atoms. The fourth-order valence-electron chi connectivity index (χ4n) is 3.12. The second-order valence-corrected chi connectivity index (χ2v) is 7.22. The monoisotopic (exact) mass is 370 g/mol. The highest BCUT2D eigenvalue weighted by Crippen LogP contribution is 2.36. The molecule has 0 bridgehead atoms. The van der Waals surface area contributed by atoms with E-state index in [0.717, 1.165) is 18.5 Å². The van der Waals surface area contributed by atoms with Crippen LogP contribution in [0.25, 0.3) is 0 Å². The summed E-state index contributed by atoms with van der Waals surface area (Å²) in [5.41, 5.74) is 1.46. The van der Waals surface area contributed by atoms with Crippen LogP contribution in [0.2, 0.25) is 0 Å². The van der Waals surface area contributed by atoms with Gasteiger partial charge < -0.3 is 5.32 Å². The van der Waals surface area contributed by atoms with Gasteiger partial charge in [-0.05, 0) is 65.5 Å². The lowest BCUT2D eigenvalue weighted by Gasteiger charge is -2.40. The highest BCUT2D eigenvalue weighted by Gasteiger charge is 2.38. The topological polar surface area (TPSA) is 15.3 Å². The molecule has 0 amide bonds. The summed E-state index contributed by atoms with van der Waals surface area (Å²) in [6, 6.07) is 10.5. The van der Waals surface area contributed by atoms with Gasteiger partial charge in [-0.25, -0.2) is 0 Å². The van der Waals surface area contributed by atoms with Crippen molar-refractivity contribution >= 4 is 22.6 Å². The van der Waals surface area contributed by atoms with Gasteiger partial charge in [0.25, 0.3) is 0 Å². The Balaban J connectivity index is 1.69. The van der Waals surface area contributed by atoms with E-state index in [1.54, 1.807) is 0 Å². The summed E-state index contributed by atoms with van der Waals surface area (Å²) < 4.78 is 1.33. The van der Waals surface area contributed by atoms with Crippen LogP contribution in [0.1, 0.15) is 31.7 Å². The molecular formula is C16H23IN2. The minimum absolute atomic E-state index is 0.679. The van der Waals surface area contributed by atoms with E-state index in [2.05, 4.69) is 64.0 Å². The lowest BCUT2D eigenvalue weighted by Crippen LogP contribution is -2.56. The van der Waals surface area contributed by atoms with Crippen molar-refractivity contribution in [1.29, 1.82) is 0 Å². The number of benzene rings is 1. The fraction of sp³-hybridized carbons (Fsp3) is 0.625.